The van der Waals surface area contributed by atoms with Crippen LogP contribution in [0.15, 0.2) is 11.9 Å². The number of allylic oxidation sites excluding steroid dienone is 2. The summed E-state index contributed by atoms with van der Waals surface area (Å²) in [4.78, 5) is 139. The van der Waals surface area contributed by atoms with E-state index in [1.54, 1.807) is 70.3 Å². The number of rotatable bonds is 13. The van der Waals surface area contributed by atoms with Crippen LogP contribution in [0.5, 0.6) is 0 Å². The third kappa shape index (κ3) is 24.3. The van der Waals surface area contributed by atoms with Gasteiger partial charge in [-0.15, -0.1) is 12.4 Å². The summed E-state index contributed by atoms with van der Waals surface area (Å²) in [6, 6.07) is -1.42. The lowest BCUT2D eigenvalue weighted by atomic mass is 9.81. The van der Waals surface area contributed by atoms with Gasteiger partial charge in [-0.05, 0) is 235 Å². The summed E-state index contributed by atoms with van der Waals surface area (Å²) in [5.41, 5.74) is 3.09. The highest BCUT2D eigenvalue weighted by atomic mass is 35.5. The lowest BCUT2D eigenvalue weighted by Crippen LogP contribution is -2.47. The first kappa shape index (κ1) is 89.8. The molecule has 0 bridgehead atoms. The third-order valence-electron chi connectivity index (χ3n) is 24.5. The van der Waals surface area contributed by atoms with Crippen molar-refractivity contribution in [1.29, 1.82) is 0 Å². The van der Waals surface area contributed by atoms with E-state index < -0.39 is 88.5 Å². The molecule has 5 saturated heterocycles. The molecule has 15 rings (SSSR count). The van der Waals surface area contributed by atoms with Gasteiger partial charge in [-0.1, -0.05) is 18.9 Å². The number of nitrogens with two attached hydrogens (primary N) is 1. The number of hydrogen-bond acceptors (Lipinski definition) is 17. The first-order valence-electron chi connectivity index (χ1n) is 41.5. The summed E-state index contributed by atoms with van der Waals surface area (Å²) >= 11 is 0. The van der Waals surface area contributed by atoms with Crippen molar-refractivity contribution in [3.8, 4) is 0 Å². The summed E-state index contributed by atoms with van der Waals surface area (Å²) in [5, 5.41) is 12.3. The highest BCUT2D eigenvalue weighted by Gasteiger charge is 2.62. The molecule has 112 heavy (non-hydrogen) atoms. The van der Waals surface area contributed by atoms with Crippen molar-refractivity contribution >= 4 is 77.4 Å². The number of nitrogens with one attached hydrogen (secondary N) is 1. The fourth-order valence-electron chi connectivity index (χ4n) is 18.2. The summed E-state index contributed by atoms with van der Waals surface area (Å²) < 4.78 is 90.6. The minimum absolute atomic E-state index is 0. The van der Waals surface area contributed by atoms with E-state index in [1.165, 1.54) is 16.2 Å². The minimum atomic E-state index is -2.81. The average molecular weight is 1610 g/mol. The van der Waals surface area contributed by atoms with Gasteiger partial charge < -0.3 is 35.1 Å². The van der Waals surface area contributed by atoms with E-state index in [0.29, 0.717) is 93.4 Å². The third-order valence-corrected chi connectivity index (χ3v) is 24.5. The van der Waals surface area contributed by atoms with Gasteiger partial charge in [0.25, 0.3) is 11.8 Å². The average Bonchev–Trinajstić information content (AvgIpc) is 1.63. The van der Waals surface area contributed by atoms with E-state index >= 15 is 0 Å². The molecule has 4 N–H and O–H groups in total. The molecule has 28 heteroatoms. The second-order valence-electron chi connectivity index (χ2n) is 38.4. The Hall–Kier alpha value is -6.09. The number of hydrogen-bond donors (Lipinski definition) is 3. The quantitative estimate of drug-likeness (QED) is 0.0877. The molecule has 0 radical (unpaired) electrons. The Labute approximate surface area is 664 Å². The molecule has 5 heterocycles. The first-order chi connectivity index (χ1) is 51.8. The second-order valence-corrected chi connectivity index (χ2v) is 38.4. The zero-order valence-corrected chi connectivity index (χ0v) is 68.8. The van der Waals surface area contributed by atoms with Crippen LogP contribution in [-0.4, -0.2) is 190 Å². The molecule has 9 saturated carbocycles. The zero-order valence-electron chi connectivity index (χ0n) is 67.9. The van der Waals surface area contributed by atoms with Crippen molar-refractivity contribution in [2.75, 3.05) is 0 Å². The van der Waals surface area contributed by atoms with Crippen molar-refractivity contribution in [2.24, 2.45) is 59.0 Å². The van der Waals surface area contributed by atoms with Gasteiger partial charge in [0.15, 0.2) is 30.2 Å². The monoisotopic (exact) mass is 1600 g/mol. The fraction of sp³-hybridized carbons (Fsp3) is 0.821. The topological polar surface area (TPSA) is 296 Å². The summed E-state index contributed by atoms with van der Waals surface area (Å²) in [5.74, 6) is -6.19. The normalized spacial score (nSPS) is 34.2. The maximum absolute atomic E-state index is 14.0. The van der Waals surface area contributed by atoms with Crippen LogP contribution in [0, 0.1) is 66.1 Å². The number of nitrogens with zero attached hydrogens (tertiary/aromatic N) is 4. The standard InChI is InChI=1S/C18H26F2NO3.C18H26FNO3.C18H27NO4.C13H18F2NO.C11H17NO4.C6H11NO.ClH/c1-17(2,3)24-16(23)21-13-8-11(13)9-14(21)15(22)10-12-6-4-5-7-18(12,19)20;1-18(2,3)23-17(22)20-14-8-12(14)9-15(20)16(21)10-11-6-4-5-7-13(11)19;1-18(2,3)23-17(22)19-13-8-12(13)9-14(19)16(21)10-11-6-4-5-7-15(11)20;14-13(15)4-2-1-3-9(13)7-12(17)11-6-8-5-10(8)16-11;1-11(2,3)16-10(15)12-7-4-6(7)5-8(12)9(13)14;7-5-3-1-2-4-6(5)8;/h5,11-14H,4,6-10H2,1-3H3;7,11-12,14-15H,4-6,8-10H2,1-3H3;11-14H,4-10H2,1-3H3;2,8-11,16H,1,3-7H2;6-8H,4-5H2,1-3H3,(H,13,14);5H,1-4,7H2;1H/q+1;;;+1;;;/t11-,12?,13-,14+;11?,12-,14-,15+;11?,12-,13-,14+;8-,9?,10-,11+;6-,7-,8+;;/m11111../s1. The van der Waals surface area contributed by atoms with E-state index in [1.807, 2.05) is 41.5 Å². The molecule has 15 aliphatic rings. The molecular formula is C84H126ClF5N6O16+2. The molecule has 0 aromatic heterocycles. The van der Waals surface area contributed by atoms with E-state index in [9.17, 15) is 74.7 Å². The van der Waals surface area contributed by atoms with Crippen molar-refractivity contribution in [1.82, 2.24) is 24.9 Å². The summed E-state index contributed by atoms with van der Waals surface area (Å²) in [6.45, 7) is 21.7. The number of halogens is 6. The number of likely N-dealkylation sites (tertiary alicyclic amines) is 4. The lowest BCUT2D eigenvalue weighted by molar-refractivity contribution is -0.142. The van der Waals surface area contributed by atoms with Gasteiger partial charge in [0, 0.05) is 92.4 Å². The summed E-state index contributed by atoms with van der Waals surface area (Å²) in [7, 11) is 0. The molecule has 20 atom stereocenters. The molecular weight excluding hydrogens is 1480 g/mol. The van der Waals surface area contributed by atoms with Crippen LogP contribution in [0.4, 0.5) is 41.1 Å². The first-order valence-corrected chi connectivity index (χ1v) is 41.5. The predicted octanol–water partition coefficient (Wildman–Crippen LogP) is 15.8. The van der Waals surface area contributed by atoms with Crippen LogP contribution in [-0.2, 0) is 52.5 Å². The zero-order chi connectivity index (χ0) is 81.4. The molecule has 14 fully saturated rings. The van der Waals surface area contributed by atoms with Crippen molar-refractivity contribution in [3.05, 3.63) is 24.7 Å². The number of aliphatic carboxylic acids is 1. The largest absolute Gasteiger partial charge is 0.480 e. The molecule has 0 aromatic carbocycles. The van der Waals surface area contributed by atoms with E-state index in [2.05, 4.69) is 5.32 Å². The maximum atomic E-state index is 14.0. The van der Waals surface area contributed by atoms with E-state index in [4.69, 9.17) is 29.8 Å². The molecule has 0 aromatic rings. The number of carboxylic acids is 1. The fourth-order valence-corrected chi connectivity index (χ4v) is 18.2. The Balaban J connectivity index is 0.000000157. The van der Waals surface area contributed by atoms with E-state index in [0.717, 1.165) is 103 Å². The van der Waals surface area contributed by atoms with Gasteiger partial charge in [0.05, 0.1) is 61.7 Å². The number of carbonyl (C=O) groups excluding carboxylic acids is 10. The number of carbonyl (C=O) groups is 11. The van der Waals surface area contributed by atoms with Crippen LogP contribution in [0.1, 0.15) is 282 Å². The molecule has 22 nitrogen and oxygen atoms in total. The molecule has 4 amide bonds. The predicted molar refractivity (Wildman–Crippen MR) is 408 cm³/mol. The molecule has 10 aliphatic carbocycles. The van der Waals surface area contributed by atoms with Crippen molar-refractivity contribution in [2.45, 2.75) is 383 Å². The second kappa shape index (κ2) is 36.2. The SMILES string of the molecule is CC(C)(C)OC(=O)N1[C@@H]2C[C@@H]2C[C@H]1C(=O)CC1CCCC=C1F.CC(C)(C)OC(=O)N1[C@@H]2C[C@@H]2C[C@H]1C(=O)CC1CCCCC1=O.CC(C)(C)OC(=O)N1[C@@H]2C[C@@H]2C[C@H]1C(=O)CC1CC[CH+]CC1(F)F.CC(C)(C)OC(=O)N1[C@@H]2C[C@@H]2C[C@H]1C(=O)O.Cl.NC1CCCCC1=O.O=C(CC1CC[CH+]CC1(F)F)[C@@H]1C[C@H]2C[C@H]2N1. The van der Waals surface area contributed by atoms with Crippen LogP contribution >= 0.6 is 12.4 Å². The minimum Gasteiger partial charge on any atom is -0.480 e. The van der Waals surface area contributed by atoms with Crippen LogP contribution in [0.25, 0.3) is 0 Å². The summed E-state index contributed by atoms with van der Waals surface area (Å²) in [6.07, 6.45) is 23.2. The molecule has 628 valence electrons. The van der Waals surface area contributed by atoms with Gasteiger partial charge in [0.2, 0.25) is 0 Å². The Morgan fingerprint density at radius 3 is 1.19 bits per heavy atom. The number of amides is 4. The molecule has 5 unspecified atom stereocenters. The number of ether oxygens (including phenoxy) is 4. The molecule has 5 aliphatic heterocycles. The van der Waals surface area contributed by atoms with Crippen LogP contribution < -0.4 is 11.1 Å². The maximum Gasteiger partial charge on any atom is 0.411 e. The van der Waals surface area contributed by atoms with Gasteiger partial charge in [0.1, 0.15) is 45.8 Å². The Bertz CT molecular complexity index is 3450. The number of carboxylic acid groups (broad SMARTS) is 1. The van der Waals surface area contributed by atoms with E-state index in [-0.39, 0.29) is 145 Å². The van der Waals surface area contributed by atoms with Gasteiger partial charge in [-0.3, -0.25) is 48.4 Å². The van der Waals surface area contributed by atoms with Crippen LogP contribution in [0.2, 0.25) is 0 Å². The Morgan fingerprint density at radius 1 is 0.473 bits per heavy atom. The molecule has 0 spiro atoms. The van der Waals surface area contributed by atoms with Crippen molar-refractivity contribution < 1.29 is 98.7 Å². The van der Waals surface area contributed by atoms with Gasteiger partial charge in [-0.25, -0.2) is 45.9 Å². The highest BCUT2D eigenvalue weighted by molar-refractivity contribution is 5.94. The number of fused-ring (bicyclic) bond motifs is 5. The smallest absolute Gasteiger partial charge is 0.411 e. The number of ketones is 6. The number of piperidine rings is 5. The van der Waals surface area contributed by atoms with Gasteiger partial charge >= 0.3 is 30.3 Å². The number of alkyl halides is 4. The van der Waals surface area contributed by atoms with Crippen molar-refractivity contribution in [3.63, 3.8) is 0 Å². The Kier molecular flexibility index (Phi) is 29.0. The lowest BCUT2D eigenvalue weighted by Gasteiger charge is -2.32. The number of Topliss-reactive ketones (excluding diaryl/α,β-unsaturated/α-hetero) is 6. The van der Waals surface area contributed by atoms with Crippen LogP contribution in [0.3, 0.4) is 0 Å². The Morgan fingerprint density at radius 2 is 0.839 bits per heavy atom. The van der Waals surface area contributed by atoms with Gasteiger partial charge in [-0.2, -0.15) is 0 Å². The highest BCUT2D eigenvalue weighted by Crippen LogP contribution is 2.54.